The maximum Gasteiger partial charge on any atom is 0.250 e. The van der Waals surface area contributed by atoms with Crippen LogP contribution in [0.15, 0.2) is 18.3 Å². The molecule has 0 bridgehead atoms. The van der Waals surface area contributed by atoms with Crippen LogP contribution in [0.4, 0.5) is 0 Å². The number of pyridine rings is 1. The predicted molar refractivity (Wildman–Crippen MR) is 49.2 cm³/mol. The lowest BCUT2D eigenvalue weighted by Crippen LogP contribution is -2.14. The van der Waals surface area contributed by atoms with Crippen molar-refractivity contribution < 1.29 is 4.79 Å². The van der Waals surface area contributed by atoms with Crippen LogP contribution in [-0.2, 0) is 6.42 Å². The van der Waals surface area contributed by atoms with Crippen molar-refractivity contribution in [1.29, 1.82) is 0 Å². The number of amides is 1. The molecule has 1 saturated carbocycles. The Labute approximate surface area is 77.0 Å². The first-order valence-electron chi connectivity index (χ1n) is 4.51. The number of hydrogen-bond acceptors (Lipinski definition) is 2. The van der Waals surface area contributed by atoms with E-state index >= 15 is 0 Å². The topological polar surface area (TPSA) is 56.0 Å². The Morgan fingerprint density at radius 1 is 1.62 bits per heavy atom. The third-order valence-corrected chi connectivity index (χ3v) is 2.33. The molecule has 2 rings (SSSR count). The molecule has 0 unspecified atom stereocenters. The van der Waals surface area contributed by atoms with Crippen molar-refractivity contribution in [3.8, 4) is 0 Å². The lowest BCUT2D eigenvalue weighted by molar-refractivity contribution is 0.0999. The fraction of sp³-hybridized carbons (Fsp3) is 0.400. The highest BCUT2D eigenvalue weighted by molar-refractivity contribution is 5.93. The molecule has 0 saturated heterocycles. The zero-order chi connectivity index (χ0) is 9.26. The number of primary amides is 1. The average Bonchev–Trinajstić information content (AvgIpc) is 2.89. The highest BCUT2D eigenvalue weighted by Gasteiger charge is 2.23. The van der Waals surface area contributed by atoms with Crippen molar-refractivity contribution in [3.05, 3.63) is 29.6 Å². The van der Waals surface area contributed by atoms with Gasteiger partial charge in [-0.25, -0.2) is 0 Å². The number of carbonyl (C=O) groups excluding carboxylic acids is 1. The van der Waals surface area contributed by atoms with E-state index in [1.807, 2.05) is 0 Å². The second-order valence-electron chi connectivity index (χ2n) is 3.51. The quantitative estimate of drug-likeness (QED) is 0.750. The van der Waals surface area contributed by atoms with E-state index in [0.29, 0.717) is 5.56 Å². The molecule has 0 spiro atoms. The van der Waals surface area contributed by atoms with Gasteiger partial charge in [0, 0.05) is 6.20 Å². The zero-order valence-corrected chi connectivity index (χ0v) is 7.36. The number of carbonyl (C=O) groups is 1. The molecule has 2 N–H and O–H groups in total. The van der Waals surface area contributed by atoms with Crippen LogP contribution < -0.4 is 5.73 Å². The van der Waals surface area contributed by atoms with Crippen molar-refractivity contribution >= 4 is 5.91 Å². The minimum atomic E-state index is -0.372. The van der Waals surface area contributed by atoms with E-state index in [2.05, 4.69) is 4.98 Å². The Kier molecular flexibility index (Phi) is 2.00. The highest BCUT2D eigenvalue weighted by Crippen LogP contribution is 2.32. The van der Waals surface area contributed by atoms with Gasteiger partial charge in [0.05, 0.1) is 11.3 Å². The summed E-state index contributed by atoms with van der Waals surface area (Å²) in [7, 11) is 0. The summed E-state index contributed by atoms with van der Waals surface area (Å²) < 4.78 is 0. The van der Waals surface area contributed by atoms with Gasteiger partial charge >= 0.3 is 0 Å². The molecule has 0 atom stereocenters. The predicted octanol–water partition coefficient (Wildman–Crippen LogP) is 1.13. The molecule has 1 fully saturated rings. The molecule has 1 amide bonds. The summed E-state index contributed by atoms with van der Waals surface area (Å²) in [6.07, 6.45) is 5.13. The summed E-state index contributed by atoms with van der Waals surface area (Å²) in [6, 6.07) is 3.49. The third kappa shape index (κ3) is 1.86. The van der Waals surface area contributed by atoms with Crippen LogP contribution in [0.2, 0.25) is 0 Å². The maximum absolute atomic E-state index is 11.0. The Bertz CT molecular complexity index is 331. The molecule has 3 nitrogen and oxygen atoms in total. The van der Waals surface area contributed by atoms with E-state index in [-0.39, 0.29) is 5.91 Å². The van der Waals surface area contributed by atoms with Gasteiger partial charge in [-0.1, -0.05) is 0 Å². The Hall–Kier alpha value is -1.38. The summed E-state index contributed by atoms with van der Waals surface area (Å²) in [5, 5.41) is 0. The van der Waals surface area contributed by atoms with Crippen molar-refractivity contribution in [2.75, 3.05) is 0 Å². The van der Waals surface area contributed by atoms with Gasteiger partial charge < -0.3 is 5.73 Å². The molecule has 0 aromatic carbocycles. The van der Waals surface area contributed by atoms with Gasteiger partial charge in [-0.2, -0.15) is 0 Å². The Morgan fingerprint density at radius 2 is 2.38 bits per heavy atom. The number of hydrogen-bond donors (Lipinski definition) is 1. The van der Waals surface area contributed by atoms with E-state index in [1.165, 1.54) is 12.8 Å². The average molecular weight is 176 g/mol. The van der Waals surface area contributed by atoms with Gasteiger partial charge in [0.25, 0.3) is 5.91 Å². The number of rotatable bonds is 3. The van der Waals surface area contributed by atoms with Crippen LogP contribution in [0.1, 0.15) is 28.9 Å². The molecular weight excluding hydrogens is 164 g/mol. The van der Waals surface area contributed by atoms with Crippen LogP contribution >= 0.6 is 0 Å². The second kappa shape index (κ2) is 3.17. The third-order valence-electron chi connectivity index (χ3n) is 2.33. The van der Waals surface area contributed by atoms with Crippen molar-refractivity contribution in [2.45, 2.75) is 19.3 Å². The fourth-order valence-electron chi connectivity index (χ4n) is 1.42. The van der Waals surface area contributed by atoms with Gasteiger partial charge in [0.1, 0.15) is 0 Å². The summed E-state index contributed by atoms with van der Waals surface area (Å²) in [6.45, 7) is 0. The number of nitrogens with zero attached hydrogens (tertiary/aromatic N) is 1. The van der Waals surface area contributed by atoms with Crippen LogP contribution in [0, 0.1) is 5.92 Å². The first-order valence-corrected chi connectivity index (χ1v) is 4.51. The van der Waals surface area contributed by atoms with E-state index in [4.69, 9.17) is 5.73 Å². The number of aromatic nitrogens is 1. The lowest BCUT2D eigenvalue weighted by atomic mass is 10.1. The SMILES string of the molecule is NC(=O)c1cccnc1CC1CC1. The van der Waals surface area contributed by atoms with Crippen LogP contribution in [-0.4, -0.2) is 10.9 Å². The molecule has 0 radical (unpaired) electrons. The van der Waals surface area contributed by atoms with Crippen LogP contribution in [0.5, 0.6) is 0 Å². The van der Waals surface area contributed by atoms with Crippen LogP contribution in [0.25, 0.3) is 0 Å². The standard InChI is InChI=1S/C10H12N2O/c11-10(13)8-2-1-5-12-9(8)6-7-3-4-7/h1-2,5,7H,3-4,6H2,(H2,11,13). The minimum Gasteiger partial charge on any atom is -0.366 e. The van der Waals surface area contributed by atoms with Crippen molar-refractivity contribution in [3.63, 3.8) is 0 Å². The van der Waals surface area contributed by atoms with E-state index < -0.39 is 0 Å². The van der Waals surface area contributed by atoms with Crippen molar-refractivity contribution in [1.82, 2.24) is 4.98 Å². The normalized spacial score (nSPS) is 15.7. The zero-order valence-electron chi connectivity index (χ0n) is 7.36. The summed E-state index contributed by atoms with van der Waals surface area (Å²) in [5.74, 6) is 0.358. The van der Waals surface area contributed by atoms with Crippen molar-refractivity contribution in [2.24, 2.45) is 11.7 Å². The molecule has 3 heteroatoms. The molecule has 68 valence electrons. The highest BCUT2D eigenvalue weighted by atomic mass is 16.1. The first-order chi connectivity index (χ1) is 6.27. The molecule has 1 aromatic heterocycles. The smallest absolute Gasteiger partial charge is 0.250 e. The first kappa shape index (κ1) is 8.23. The van der Waals surface area contributed by atoms with E-state index in [9.17, 15) is 4.79 Å². The summed E-state index contributed by atoms with van der Waals surface area (Å²) >= 11 is 0. The Balaban J connectivity index is 2.25. The second-order valence-corrected chi connectivity index (χ2v) is 3.51. The molecular formula is C10H12N2O. The van der Waals surface area contributed by atoms with E-state index in [0.717, 1.165) is 18.0 Å². The molecule has 1 aromatic rings. The van der Waals surface area contributed by atoms with E-state index in [1.54, 1.807) is 18.3 Å². The van der Waals surface area contributed by atoms with Gasteiger partial charge in [-0.3, -0.25) is 9.78 Å². The van der Waals surface area contributed by atoms with Gasteiger partial charge in [-0.05, 0) is 37.3 Å². The molecule has 0 aliphatic heterocycles. The molecule has 1 aliphatic rings. The van der Waals surface area contributed by atoms with Crippen LogP contribution in [0.3, 0.4) is 0 Å². The van der Waals surface area contributed by atoms with Gasteiger partial charge in [0.15, 0.2) is 0 Å². The van der Waals surface area contributed by atoms with Gasteiger partial charge in [0.2, 0.25) is 0 Å². The Morgan fingerprint density at radius 3 is 3.00 bits per heavy atom. The molecule has 13 heavy (non-hydrogen) atoms. The largest absolute Gasteiger partial charge is 0.366 e. The lowest BCUT2D eigenvalue weighted by Gasteiger charge is -2.03. The monoisotopic (exact) mass is 176 g/mol. The van der Waals surface area contributed by atoms with Gasteiger partial charge in [-0.15, -0.1) is 0 Å². The maximum atomic E-state index is 11.0. The fourth-order valence-corrected chi connectivity index (χ4v) is 1.42. The summed E-state index contributed by atoms with van der Waals surface area (Å²) in [5.41, 5.74) is 6.67. The minimum absolute atomic E-state index is 0.372. The molecule has 1 heterocycles. The summed E-state index contributed by atoms with van der Waals surface area (Å²) in [4.78, 5) is 15.2. The molecule has 1 aliphatic carbocycles. The number of nitrogens with two attached hydrogens (primary N) is 1.